The Morgan fingerprint density at radius 1 is 1.03 bits per heavy atom. The van der Waals surface area contributed by atoms with Gasteiger partial charge in [-0.05, 0) is 37.0 Å². The number of rotatable bonds is 9. The van der Waals surface area contributed by atoms with E-state index in [1.54, 1.807) is 4.90 Å². The fourth-order valence-electron chi connectivity index (χ4n) is 4.34. The summed E-state index contributed by atoms with van der Waals surface area (Å²) in [5.41, 5.74) is 0.544. The van der Waals surface area contributed by atoms with E-state index in [1.165, 1.54) is 0 Å². The number of nitrogens with zero attached hydrogens (tertiary/aromatic N) is 2. The fraction of sp³-hybridized carbons (Fsp3) is 0.462. The number of piperidine rings is 1. The molecule has 0 spiro atoms. The van der Waals surface area contributed by atoms with Crippen molar-refractivity contribution in [2.45, 2.75) is 51.2 Å². The van der Waals surface area contributed by atoms with Crippen molar-refractivity contribution >= 4 is 30.0 Å². The third kappa shape index (κ3) is 6.34. The van der Waals surface area contributed by atoms with Crippen LogP contribution in [0, 0.1) is 0 Å². The summed E-state index contributed by atoms with van der Waals surface area (Å²) in [6.07, 6.45) is 1.34. The number of carbonyl (C=O) groups is 2. The van der Waals surface area contributed by atoms with E-state index in [1.807, 2.05) is 74.5 Å². The molecule has 0 bridgehead atoms. The number of esters is 1. The number of ether oxygens (including phenoxy) is 1. The van der Waals surface area contributed by atoms with Crippen LogP contribution in [-0.4, -0.2) is 53.7 Å². The van der Waals surface area contributed by atoms with Crippen LogP contribution in [-0.2, 0) is 14.3 Å². The van der Waals surface area contributed by atoms with E-state index >= 15 is 0 Å². The third-order valence-electron chi connectivity index (χ3n) is 6.11. The van der Waals surface area contributed by atoms with Crippen LogP contribution in [0.4, 0.5) is 5.69 Å². The van der Waals surface area contributed by atoms with Crippen LogP contribution in [0.3, 0.4) is 0 Å². The molecule has 1 unspecified atom stereocenters. The van der Waals surface area contributed by atoms with Crippen molar-refractivity contribution in [3.63, 3.8) is 0 Å². The molecule has 1 aliphatic rings. The average molecular weight is 475 g/mol. The molecule has 1 saturated heterocycles. The maximum Gasteiger partial charge on any atom is 0.332 e. The molecule has 6 nitrogen and oxygen atoms in total. The molecular formula is C26H35ClN2O4. The smallest absolute Gasteiger partial charge is 0.332 e. The Labute approximate surface area is 202 Å². The highest BCUT2D eigenvalue weighted by atomic mass is 35.5. The molecule has 0 saturated carbocycles. The van der Waals surface area contributed by atoms with Crippen LogP contribution in [0.2, 0.25) is 0 Å². The van der Waals surface area contributed by atoms with Crippen molar-refractivity contribution in [2.24, 2.45) is 0 Å². The number of hydrogen-bond acceptors (Lipinski definition) is 5. The summed E-state index contributed by atoms with van der Waals surface area (Å²) < 4.78 is 5.62. The Morgan fingerprint density at radius 3 is 2.15 bits per heavy atom. The second-order valence-corrected chi connectivity index (χ2v) is 8.31. The summed E-state index contributed by atoms with van der Waals surface area (Å²) >= 11 is 0. The van der Waals surface area contributed by atoms with Crippen molar-refractivity contribution in [3.05, 3.63) is 66.2 Å². The standard InChI is InChI=1S/C26H34N2O4.ClH/c1-3-19-32-25(31)26(28(24(30)4-2)22-13-9-6-10-14-22)15-17-27(18-16-26)20-23(29)21-11-7-5-8-12-21;/h5-14,23,29H,3-4,15-20H2,1-2H3;1H. The van der Waals surface area contributed by atoms with E-state index in [9.17, 15) is 14.7 Å². The Morgan fingerprint density at radius 2 is 1.61 bits per heavy atom. The Bertz CT molecular complexity index is 870. The number of benzene rings is 2. The van der Waals surface area contributed by atoms with Gasteiger partial charge in [-0.15, -0.1) is 12.4 Å². The van der Waals surface area contributed by atoms with E-state index in [-0.39, 0.29) is 24.3 Å². The summed E-state index contributed by atoms with van der Waals surface area (Å²) in [7, 11) is 0. The number of anilines is 1. The lowest BCUT2D eigenvalue weighted by atomic mass is 9.84. The van der Waals surface area contributed by atoms with Crippen molar-refractivity contribution < 1.29 is 19.4 Å². The topological polar surface area (TPSA) is 70.1 Å². The average Bonchev–Trinajstić information content (AvgIpc) is 2.84. The normalized spacial score (nSPS) is 16.3. The highest BCUT2D eigenvalue weighted by molar-refractivity contribution is 6.02. The number of para-hydroxylation sites is 1. The van der Waals surface area contributed by atoms with Crippen LogP contribution in [0.1, 0.15) is 51.2 Å². The molecule has 2 aromatic rings. The van der Waals surface area contributed by atoms with E-state index in [0.29, 0.717) is 51.2 Å². The molecular weight excluding hydrogens is 440 g/mol. The van der Waals surface area contributed by atoms with Crippen molar-refractivity contribution in [1.82, 2.24) is 4.90 Å². The van der Waals surface area contributed by atoms with Gasteiger partial charge in [-0.1, -0.05) is 62.4 Å². The van der Waals surface area contributed by atoms with Crippen LogP contribution in [0.25, 0.3) is 0 Å². The molecule has 1 aliphatic heterocycles. The maximum absolute atomic E-state index is 13.4. The van der Waals surface area contributed by atoms with Gasteiger partial charge in [-0.25, -0.2) is 4.79 Å². The monoisotopic (exact) mass is 474 g/mol. The second-order valence-electron chi connectivity index (χ2n) is 8.31. The number of amides is 1. The minimum absolute atomic E-state index is 0. The number of aliphatic hydroxyl groups is 1. The van der Waals surface area contributed by atoms with Crippen LogP contribution < -0.4 is 4.90 Å². The minimum atomic E-state index is -1.04. The minimum Gasteiger partial charge on any atom is -0.464 e. The first kappa shape index (κ1) is 26.8. The lowest BCUT2D eigenvalue weighted by molar-refractivity contribution is -0.154. The van der Waals surface area contributed by atoms with Crippen molar-refractivity contribution in [3.8, 4) is 0 Å². The van der Waals surface area contributed by atoms with Crippen molar-refractivity contribution in [2.75, 3.05) is 31.1 Å². The highest BCUT2D eigenvalue weighted by Gasteiger charge is 2.50. The second kappa shape index (κ2) is 12.7. The Hall–Kier alpha value is -2.41. The zero-order chi connectivity index (χ0) is 23.0. The zero-order valence-electron chi connectivity index (χ0n) is 19.5. The Balaban J connectivity index is 0.00000385. The fourth-order valence-corrected chi connectivity index (χ4v) is 4.34. The summed E-state index contributed by atoms with van der Waals surface area (Å²) in [6.45, 7) is 5.77. The number of likely N-dealkylation sites (tertiary alicyclic amines) is 1. The van der Waals surface area contributed by atoms with E-state index in [4.69, 9.17) is 4.74 Å². The SMILES string of the molecule is CCCOC(=O)C1(N(C(=O)CC)c2ccccc2)CCN(CC(O)c2ccccc2)CC1.Cl. The predicted octanol–water partition coefficient (Wildman–Crippen LogP) is 4.37. The van der Waals surface area contributed by atoms with Gasteiger partial charge in [0.2, 0.25) is 5.91 Å². The van der Waals surface area contributed by atoms with Gasteiger partial charge < -0.3 is 14.7 Å². The van der Waals surface area contributed by atoms with Gasteiger partial charge in [-0.2, -0.15) is 0 Å². The molecule has 180 valence electrons. The van der Waals surface area contributed by atoms with Gasteiger partial charge >= 0.3 is 5.97 Å². The first-order valence-electron chi connectivity index (χ1n) is 11.5. The lowest BCUT2D eigenvalue weighted by Gasteiger charge is -2.47. The van der Waals surface area contributed by atoms with E-state index < -0.39 is 11.6 Å². The molecule has 1 amide bonds. The summed E-state index contributed by atoms with van der Waals surface area (Å²) in [5, 5.41) is 10.6. The third-order valence-corrected chi connectivity index (χ3v) is 6.11. The molecule has 1 N–H and O–H groups in total. The predicted molar refractivity (Wildman–Crippen MR) is 133 cm³/mol. The molecule has 33 heavy (non-hydrogen) atoms. The first-order chi connectivity index (χ1) is 15.5. The largest absolute Gasteiger partial charge is 0.464 e. The van der Waals surface area contributed by atoms with Crippen molar-refractivity contribution in [1.29, 1.82) is 0 Å². The summed E-state index contributed by atoms with van der Waals surface area (Å²) in [5.74, 6) is -0.435. The van der Waals surface area contributed by atoms with Gasteiger partial charge in [0.1, 0.15) is 5.54 Å². The van der Waals surface area contributed by atoms with Gasteiger partial charge in [0.25, 0.3) is 0 Å². The van der Waals surface area contributed by atoms with Gasteiger partial charge in [0.05, 0.1) is 12.7 Å². The maximum atomic E-state index is 13.4. The molecule has 1 atom stereocenters. The molecule has 0 radical (unpaired) electrons. The molecule has 1 heterocycles. The number of carbonyl (C=O) groups excluding carboxylic acids is 2. The number of β-amino-alcohol motifs (C(OH)–C–C–N with tert-alkyl or cyclic N) is 1. The Kier molecular flexibility index (Phi) is 10.4. The zero-order valence-corrected chi connectivity index (χ0v) is 20.3. The molecule has 2 aromatic carbocycles. The first-order valence-corrected chi connectivity index (χ1v) is 11.5. The van der Waals surface area contributed by atoms with Crippen LogP contribution >= 0.6 is 12.4 Å². The van der Waals surface area contributed by atoms with Crippen LogP contribution in [0.15, 0.2) is 60.7 Å². The van der Waals surface area contributed by atoms with Crippen LogP contribution in [0.5, 0.6) is 0 Å². The summed E-state index contributed by atoms with van der Waals surface area (Å²) in [4.78, 5) is 30.3. The van der Waals surface area contributed by atoms with Gasteiger partial charge in [0.15, 0.2) is 0 Å². The number of halogens is 1. The highest BCUT2D eigenvalue weighted by Crippen LogP contribution is 2.36. The molecule has 0 aromatic heterocycles. The van der Waals surface area contributed by atoms with Gasteiger partial charge in [0, 0.05) is 31.7 Å². The molecule has 3 rings (SSSR count). The number of aliphatic hydroxyl groups excluding tert-OH is 1. The molecule has 1 fully saturated rings. The molecule has 7 heteroatoms. The molecule has 0 aliphatic carbocycles. The number of hydrogen-bond donors (Lipinski definition) is 1. The quantitative estimate of drug-likeness (QED) is 0.546. The van der Waals surface area contributed by atoms with Gasteiger partial charge in [-0.3, -0.25) is 9.69 Å². The van der Waals surface area contributed by atoms with E-state index in [2.05, 4.69) is 4.90 Å². The lowest BCUT2D eigenvalue weighted by Crippen LogP contribution is -2.63. The summed E-state index contributed by atoms with van der Waals surface area (Å²) in [6, 6.07) is 19.0. The van der Waals surface area contributed by atoms with E-state index in [0.717, 1.165) is 12.0 Å².